The molecule has 166 valence electrons. The number of nitrogens with zero attached hydrogens (tertiary/aromatic N) is 1. The average Bonchev–Trinajstić information content (AvgIpc) is 3.66. The Morgan fingerprint density at radius 3 is 2.58 bits per heavy atom. The number of anilines is 2. The molecule has 1 saturated carbocycles. The first kappa shape index (κ1) is 21.9. The van der Waals surface area contributed by atoms with E-state index < -0.39 is 0 Å². The summed E-state index contributed by atoms with van der Waals surface area (Å²) in [6.07, 6.45) is 2.04. The van der Waals surface area contributed by atoms with Crippen molar-refractivity contribution in [1.29, 1.82) is 5.26 Å². The molecule has 0 saturated heterocycles. The minimum Gasteiger partial charge on any atom is -0.489 e. The van der Waals surface area contributed by atoms with Crippen LogP contribution in [0.4, 0.5) is 11.4 Å². The molecule has 33 heavy (non-hydrogen) atoms. The Morgan fingerprint density at radius 2 is 1.76 bits per heavy atom. The van der Waals surface area contributed by atoms with E-state index in [1.807, 2.05) is 36.4 Å². The molecule has 0 heterocycles. The van der Waals surface area contributed by atoms with Crippen LogP contribution in [0.15, 0.2) is 72.8 Å². The van der Waals surface area contributed by atoms with Gasteiger partial charge in [0.05, 0.1) is 18.2 Å². The Labute approximate surface area is 192 Å². The van der Waals surface area contributed by atoms with Crippen molar-refractivity contribution >= 4 is 23.2 Å². The van der Waals surface area contributed by atoms with Gasteiger partial charge in [0.15, 0.2) is 0 Å². The third kappa shape index (κ3) is 6.58. The molecule has 2 amide bonds. The minimum absolute atomic E-state index is 0.0617. The molecule has 0 unspecified atom stereocenters. The maximum atomic E-state index is 12.4. The van der Waals surface area contributed by atoms with Gasteiger partial charge >= 0.3 is 0 Å². The summed E-state index contributed by atoms with van der Waals surface area (Å²) in [4.78, 5) is 24.6. The molecule has 0 aromatic heterocycles. The molecule has 0 aliphatic heterocycles. The van der Waals surface area contributed by atoms with E-state index >= 15 is 0 Å². The third-order valence-electron chi connectivity index (χ3n) is 5.07. The number of benzene rings is 3. The van der Waals surface area contributed by atoms with Crippen LogP contribution in [0.2, 0.25) is 0 Å². The molecule has 1 aliphatic rings. The van der Waals surface area contributed by atoms with Crippen LogP contribution in [0.3, 0.4) is 0 Å². The molecule has 0 radical (unpaired) electrons. The second-order valence-corrected chi connectivity index (χ2v) is 7.86. The first-order valence-corrected chi connectivity index (χ1v) is 10.8. The van der Waals surface area contributed by atoms with E-state index in [1.165, 1.54) is 0 Å². The second kappa shape index (κ2) is 10.3. The summed E-state index contributed by atoms with van der Waals surface area (Å²) in [5, 5.41) is 17.8. The van der Waals surface area contributed by atoms with Crippen molar-refractivity contribution in [3.8, 4) is 11.8 Å². The van der Waals surface area contributed by atoms with Gasteiger partial charge in [-0.25, -0.2) is 0 Å². The lowest BCUT2D eigenvalue weighted by molar-refractivity contribution is -0.114. The molecule has 1 aliphatic carbocycles. The minimum atomic E-state index is -0.227. The molecule has 0 bridgehead atoms. The lowest BCUT2D eigenvalue weighted by Crippen LogP contribution is -2.26. The van der Waals surface area contributed by atoms with Crippen molar-refractivity contribution in [3.05, 3.63) is 89.5 Å². The molecule has 7 nitrogen and oxygen atoms in total. The van der Waals surface area contributed by atoms with Crippen LogP contribution in [-0.2, 0) is 11.4 Å². The number of carbonyl (C=O) groups is 2. The van der Waals surface area contributed by atoms with Gasteiger partial charge in [0.2, 0.25) is 5.91 Å². The van der Waals surface area contributed by atoms with Crippen molar-refractivity contribution < 1.29 is 14.3 Å². The number of hydrogen-bond acceptors (Lipinski definition) is 5. The number of amides is 2. The SMILES string of the molecule is N#Cc1cccc(COc2cccc(NCC(=O)Nc3cccc(C(=O)NC4CC4)c3)c2)c1. The first-order chi connectivity index (χ1) is 16.1. The van der Waals surface area contributed by atoms with Crippen LogP contribution in [0.5, 0.6) is 5.75 Å². The number of rotatable bonds is 9. The highest BCUT2D eigenvalue weighted by Crippen LogP contribution is 2.21. The van der Waals surface area contributed by atoms with Crippen molar-refractivity contribution in [2.75, 3.05) is 17.2 Å². The summed E-state index contributed by atoms with van der Waals surface area (Å²) in [6.45, 7) is 0.399. The molecule has 0 spiro atoms. The van der Waals surface area contributed by atoms with Gasteiger partial charge in [0.25, 0.3) is 5.91 Å². The highest BCUT2D eigenvalue weighted by molar-refractivity contribution is 5.98. The lowest BCUT2D eigenvalue weighted by atomic mass is 10.1. The molecule has 4 rings (SSSR count). The summed E-state index contributed by atoms with van der Waals surface area (Å²) in [6, 6.07) is 23.9. The largest absolute Gasteiger partial charge is 0.489 e. The smallest absolute Gasteiger partial charge is 0.251 e. The third-order valence-corrected chi connectivity index (χ3v) is 5.07. The summed E-state index contributed by atoms with van der Waals surface area (Å²) in [5.41, 5.74) is 3.33. The summed E-state index contributed by atoms with van der Waals surface area (Å²) < 4.78 is 5.81. The van der Waals surface area contributed by atoms with E-state index in [1.54, 1.807) is 36.4 Å². The van der Waals surface area contributed by atoms with Crippen molar-refractivity contribution in [2.24, 2.45) is 0 Å². The van der Waals surface area contributed by atoms with Crippen molar-refractivity contribution in [1.82, 2.24) is 5.32 Å². The number of hydrogen-bond donors (Lipinski definition) is 3. The highest BCUT2D eigenvalue weighted by Gasteiger charge is 2.23. The summed E-state index contributed by atoms with van der Waals surface area (Å²) >= 11 is 0. The first-order valence-electron chi connectivity index (χ1n) is 10.8. The molecular weight excluding hydrogens is 416 g/mol. The number of nitrogens with one attached hydrogen (secondary N) is 3. The molecule has 7 heteroatoms. The van der Waals surface area contributed by atoms with E-state index in [9.17, 15) is 9.59 Å². The predicted octanol–water partition coefficient (Wildman–Crippen LogP) is 4.08. The van der Waals surface area contributed by atoms with E-state index in [-0.39, 0.29) is 24.4 Å². The Bertz CT molecular complexity index is 1200. The van der Waals surface area contributed by atoms with E-state index in [0.29, 0.717) is 29.2 Å². The fourth-order valence-electron chi connectivity index (χ4n) is 3.22. The van der Waals surface area contributed by atoms with Gasteiger partial charge in [0.1, 0.15) is 12.4 Å². The molecule has 0 atom stereocenters. The Kier molecular flexibility index (Phi) is 6.86. The maximum Gasteiger partial charge on any atom is 0.251 e. The van der Waals surface area contributed by atoms with Crippen LogP contribution in [-0.4, -0.2) is 24.4 Å². The molecule has 3 aromatic carbocycles. The van der Waals surface area contributed by atoms with Crippen LogP contribution in [0.25, 0.3) is 0 Å². The van der Waals surface area contributed by atoms with E-state index in [2.05, 4.69) is 22.0 Å². The zero-order valence-electron chi connectivity index (χ0n) is 18.0. The summed E-state index contributed by atoms with van der Waals surface area (Å²) in [7, 11) is 0. The fourth-order valence-corrected chi connectivity index (χ4v) is 3.22. The topological polar surface area (TPSA) is 103 Å². The van der Waals surface area contributed by atoms with Gasteiger partial charge in [-0.1, -0.05) is 24.3 Å². The van der Waals surface area contributed by atoms with Gasteiger partial charge in [-0.2, -0.15) is 5.26 Å². The predicted molar refractivity (Wildman–Crippen MR) is 126 cm³/mol. The normalized spacial score (nSPS) is 12.3. The fraction of sp³-hybridized carbons (Fsp3) is 0.192. The Hall–Kier alpha value is -4.31. The van der Waals surface area contributed by atoms with Gasteiger partial charge in [-0.15, -0.1) is 0 Å². The quantitative estimate of drug-likeness (QED) is 0.465. The van der Waals surface area contributed by atoms with Crippen LogP contribution < -0.4 is 20.7 Å². The lowest BCUT2D eigenvalue weighted by Gasteiger charge is -2.11. The van der Waals surface area contributed by atoms with Gasteiger partial charge in [-0.3, -0.25) is 9.59 Å². The zero-order chi connectivity index (χ0) is 23.0. The van der Waals surface area contributed by atoms with Crippen LogP contribution in [0.1, 0.15) is 34.3 Å². The van der Waals surface area contributed by atoms with Crippen LogP contribution in [0, 0.1) is 11.3 Å². The highest BCUT2D eigenvalue weighted by atomic mass is 16.5. The Morgan fingerprint density at radius 1 is 0.970 bits per heavy atom. The number of ether oxygens (including phenoxy) is 1. The monoisotopic (exact) mass is 440 g/mol. The molecular formula is C26H24N4O3. The average molecular weight is 441 g/mol. The zero-order valence-corrected chi connectivity index (χ0v) is 18.0. The van der Waals surface area contributed by atoms with E-state index in [0.717, 1.165) is 24.1 Å². The second-order valence-electron chi connectivity index (χ2n) is 7.86. The van der Waals surface area contributed by atoms with Crippen molar-refractivity contribution in [3.63, 3.8) is 0 Å². The molecule has 3 N–H and O–H groups in total. The molecule has 3 aromatic rings. The summed E-state index contributed by atoms with van der Waals surface area (Å²) in [5.74, 6) is 0.300. The standard InChI is InChI=1S/C26H24N4O3/c27-15-18-4-1-5-19(12-18)17-33-24-9-3-7-22(14-24)28-16-25(31)29-23-8-2-6-20(13-23)26(32)30-21-10-11-21/h1-9,12-14,21,28H,10-11,16-17H2,(H,29,31)(H,30,32). The van der Waals surface area contributed by atoms with E-state index in [4.69, 9.17) is 10.00 Å². The van der Waals surface area contributed by atoms with Gasteiger partial charge < -0.3 is 20.7 Å². The van der Waals surface area contributed by atoms with Crippen molar-refractivity contribution in [2.45, 2.75) is 25.5 Å². The Balaban J connectivity index is 1.28. The van der Waals surface area contributed by atoms with Gasteiger partial charge in [-0.05, 0) is 60.9 Å². The van der Waals surface area contributed by atoms with Crippen LogP contribution >= 0.6 is 0 Å². The number of carbonyl (C=O) groups excluding carboxylic acids is 2. The number of nitriles is 1. The molecule has 1 fully saturated rings. The van der Waals surface area contributed by atoms with Gasteiger partial charge in [0, 0.05) is 29.0 Å². The maximum absolute atomic E-state index is 12.4.